The van der Waals surface area contributed by atoms with Crippen molar-refractivity contribution in [3.8, 4) is 73.1 Å². The second-order valence-electron chi connectivity index (χ2n) is 17.4. The van der Waals surface area contributed by atoms with Gasteiger partial charge in [0.15, 0.2) is 5.69 Å². The maximum absolute atomic E-state index is 15.4. The van der Waals surface area contributed by atoms with E-state index in [1.807, 2.05) is 130 Å². The minimum absolute atomic E-state index is 0.143. The van der Waals surface area contributed by atoms with Crippen molar-refractivity contribution < 1.29 is 13.2 Å². The Morgan fingerprint density at radius 2 is 0.729 bits per heavy atom. The third-order valence-electron chi connectivity index (χ3n) is 13.4. The standard InChI is InChI=1S/C63H37F3N4/c1-68-55-24-14-23-54(63(64,65)66)62(55)48-37-60(69-56-33-44(40-15-6-2-7-16-40)25-29-49(56)50-30-26-45(34-57(50)69)41-17-8-3-9-18-41)53(39-67)61(38-48)70-58-35-46(42-19-10-4-11-20-42)27-31-51(58)52-32-28-47(36-59(52)70)43-21-12-5-13-22-43/h2-38H. The van der Waals surface area contributed by atoms with Crippen LogP contribution >= 0.6 is 0 Å². The van der Waals surface area contributed by atoms with Crippen molar-refractivity contribution in [2.75, 3.05) is 0 Å². The van der Waals surface area contributed by atoms with Gasteiger partial charge in [-0.3, -0.25) is 0 Å². The number of rotatable bonds is 7. The molecule has 0 N–H and O–H groups in total. The van der Waals surface area contributed by atoms with Gasteiger partial charge in [-0.15, -0.1) is 0 Å². The third kappa shape index (κ3) is 7.00. The van der Waals surface area contributed by atoms with Crippen LogP contribution in [-0.4, -0.2) is 9.13 Å². The van der Waals surface area contributed by atoms with E-state index in [1.54, 1.807) is 12.1 Å². The predicted molar refractivity (Wildman–Crippen MR) is 278 cm³/mol. The molecule has 0 saturated carbocycles. The molecule has 0 amide bonds. The van der Waals surface area contributed by atoms with E-state index in [9.17, 15) is 5.26 Å². The fourth-order valence-corrected chi connectivity index (χ4v) is 10.2. The molecule has 12 rings (SSSR count). The summed E-state index contributed by atoms with van der Waals surface area (Å²) in [7, 11) is 0. The lowest BCUT2D eigenvalue weighted by atomic mass is 9.94. The van der Waals surface area contributed by atoms with Crippen molar-refractivity contribution in [3.63, 3.8) is 0 Å². The number of alkyl halides is 3. The monoisotopic (exact) mass is 906 g/mol. The first-order chi connectivity index (χ1) is 34.3. The summed E-state index contributed by atoms with van der Waals surface area (Å²) in [6.07, 6.45) is -4.81. The van der Waals surface area contributed by atoms with Gasteiger partial charge >= 0.3 is 6.18 Å². The summed E-state index contributed by atoms with van der Waals surface area (Å²) in [5.41, 5.74) is 10.4. The molecule has 330 valence electrons. The number of hydrogen-bond acceptors (Lipinski definition) is 1. The molecule has 2 heterocycles. The van der Waals surface area contributed by atoms with Crippen molar-refractivity contribution in [1.82, 2.24) is 9.13 Å². The molecule has 4 nitrogen and oxygen atoms in total. The van der Waals surface area contributed by atoms with Gasteiger partial charge < -0.3 is 9.13 Å². The summed E-state index contributed by atoms with van der Waals surface area (Å²) in [5, 5.41) is 15.5. The number of nitrogens with zero attached hydrogens (tertiary/aromatic N) is 4. The normalized spacial score (nSPS) is 11.6. The molecule has 0 aliphatic heterocycles. The van der Waals surface area contributed by atoms with E-state index in [1.165, 1.54) is 12.1 Å². The number of aromatic nitrogens is 2. The molecule has 0 bridgehead atoms. The zero-order valence-corrected chi connectivity index (χ0v) is 37.3. The lowest BCUT2D eigenvalue weighted by Crippen LogP contribution is -2.09. The van der Waals surface area contributed by atoms with Crippen LogP contribution in [0, 0.1) is 17.9 Å². The Bertz CT molecular complexity index is 3690. The van der Waals surface area contributed by atoms with E-state index in [0.717, 1.165) is 94.2 Å². The van der Waals surface area contributed by atoms with E-state index < -0.39 is 11.7 Å². The first-order valence-electron chi connectivity index (χ1n) is 22.8. The van der Waals surface area contributed by atoms with Crippen LogP contribution < -0.4 is 0 Å². The molecule has 0 aliphatic carbocycles. The minimum Gasteiger partial charge on any atom is -0.308 e. The second kappa shape index (κ2) is 16.7. The molecular formula is C63H37F3N4. The van der Waals surface area contributed by atoms with E-state index in [-0.39, 0.29) is 22.4 Å². The van der Waals surface area contributed by atoms with Gasteiger partial charge in [-0.05, 0) is 92.0 Å². The van der Waals surface area contributed by atoms with Crippen LogP contribution in [0.5, 0.6) is 0 Å². The van der Waals surface area contributed by atoms with Gasteiger partial charge in [-0.2, -0.15) is 18.4 Å². The molecule has 0 radical (unpaired) electrons. The number of hydrogen-bond donors (Lipinski definition) is 0. The fourth-order valence-electron chi connectivity index (χ4n) is 10.2. The van der Waals surface area contributed by atoms with Crippen LogP contribution in [-0.2, 0) is 6.18 Å². The fraction of sp³-hybridized carbons (Fsp3) is 0.0159. The average molecular weight is 907 g/mol. The molecule has 7 heteroatoms. The van der Waals surface area contributed by atoms with E-state index in [0.29, 0.717) is 11.4 Å². The van der Waals surface area contributed by atoms with Crippen LogP contribution in [0.4, 0.5) is 18.9 Å². The SMILES string of the molecule is [C-]#[N+]c1cccc(C(F)(F)F)c1-c1cc(-n2c3cc(-c4ccccc4)ccc3c3ccc(-c4ccccc4)cc32)c(C#N)c(-n2c3cc(-c4ccccc4)ccc3c3ccc(-c4ccccc4)cc32)c1. The van der Waals surface area contributed by atoms with Gasteiger partial charge in [0.05, 0.1) is 45.6 Å². The Hall–Kier alpha value is -9.43. The van der Waals surface area contributed by atoms with Crippen LogP contribution in [0.2, 0.25) is 0 Å². The summed E-state index contributed by atoms with van der Waals surface area (Å²) in [6, 6.07) is 74.7. The molecule has 0 spiro atoms. The summed E-state index contributed by atoms with van der Waals surface area (Å²) in [4.78, 5) is 3.70. The topological polar surface area (TPSA) is 38.0 Å². The lowest BCUT2D eigenvalue weighted by Gasteiger charge is -2.21. The Balaban J connectivity index is 1.27. The Morgan fingerprint density at radius 3 is 1.03 bits per heavy atom. The zero-order chi connectivity index (χ0) is 47.5. The number of halogens is 3. The Kier molecular flexibility index (Phi) is 10.0. The minimum atomic E-state index is -4.81. The van der Waals surface area contributed by atoms with Crippen LogP contribution in [0.15, 0.2) is 224 Å². The maximum atomic E-state index is 15.4. The van der Waals surface area contributed by atoms with E-state index in [2.05, 4.69) is 83.7 Å². The lowest BCUT2D eigenvalue weighted by molar-refractivity contribution is -0.137. The highest BCUT2D eigenvalue weighted by Crippen LogP contribution is 2.47. The molecule has 0 atom stereocenters. The number of fused-ring (bicyclic) bond motifs is 6. The van der Waals surface area contributed by atoms with Crippen molar-refractivity contribution in [3.05, 3.63) is 247 Å². The first-order valence-corrected chi connectivity index (χ1v) is 22.8. The maximum Gasteiger partial charge on any atom is 0.415 e. The zero-order valence-electron chi connectivity index (χ0n) is 37.3. The van der Waals surface area contributed by atoms with Gasteiger partial charge in [0, 0.05) is 21.5 Å². The van der Waals surface area contributed by atoms with Crippen molar-refractivity contribution >= 4 is 49.3 Å². The highest BCUT2D eigenvalue weighted by atomic mass is 19.4. The molecule has 0 fully saturated rings. The van der Waals surface area contributed by atoms with E-state index >= 15 is 13.2 Å². The summed E-state index contributed by atoms with van der Waals surface area (Å²) in [6.45, 7) is 8.25. The molecule has 0 saturated heterocycles. The molecular weight excluding hydrogens is 870 g/mol. The summed E-state index contributed by atoms with van der Waals surface area (Å²) < 4.78 is 50.4. The molecule has 0 aliphatic rings. The Labute approximate surface area is 401 Å². The van der Waals surface area contributed by atoms with Gasteiger partial charge in [0.2, 0.25) is 0 Å². The summed E-state index contributed by atoms with van der Waals surface area (Å²) >= 11 is 0. The quantitative estimate of drug-likeness (QED) is 0.147. The highest BCUT2D eigenvalue weighted by molar-refractivity contribution is 6.13. The first kappa shape index (κ1) is 42.0. The highest BCUT2D eigenvalue weighted by Gasteiger charge is 2.35. The van der Waals surface area contributed by atoms with Crippen molar-refractivity contribution in [1.29, 1.82) is 5.26 Å². The average Bonchev–Trinajstić information content (AvgIpc) is 3.92. The third-order valence-corrected chi connectivity index (χ3v) is 13.4. The van der Waals surface area contributed by atoms with Crippen molar-refractivity contribution in [2.45, 2.75) is 6.18 Å². The molecule has 70 heavy (non-hydrogen) atoms. The second-order valence-corrected chi connectivity index (χ2v) is 17.4. The summed E-state index contributed by atoms with van der Waals surface area (Å²) in [5.74, 6) is 0. The smallest absolute Gasteiger partial charge is 0.308 e. The van der Waals surface area contributed by atoms with Crippen molar-refractivity contribution in [2.24, 2.45) is 0 Å². The number of benzene rings is 10. The van der Waals surface area contributed by atoms with Crippen LogP contribution in [0.1, 0.15) is 11.1 Å². The van der Waals surface area contributed by atoms with E-state index in [4.69, 9.17) is 6.57 Å². The molecule has 2 aromatic heterocycles. The predicted octanol–water partition coefficient (Wildman–Crippen LogP) is 17.7. The van der Waals surface area contributed by atoms with Crippen LogP contribution in [0.3, 0.4) is 0 Å². The largest absolute Gasteiger partial charge is 0.415 e. The van der Waals surface area contributed by atoms with Gasteiger partial charge in [-0.25, -0.2) is 4.85 Å². The van der Waals surface area contributed by atoms with Crippen LogP contribution in [0.25, 0.3) is 115 Å². The molecule has 0 unspecified atom stereocenters. The Morgan fingerprint density at radius 1 is 0.386 bits per heavy atom. The van der Waals surface area contributed by atoms with Gasteiger partial charge in [0.1, 0.15) is 11.6 Å². The number of nitriles is 1. The van der Waals surface area contributed by atoms with Gasteiger partial charge in [-0.1, -0.05) is 188 Å². The molecule has 12 aromatic rings. The van der Waals surface area contributed by atoms with Gasteiger partial charge in [0.25, 0.3) is 0 Å². The molecule has 10 aromatic carbocycles.